The van der Waals surface area contributed by atoms with Gasteiger partial charge < -0.3 is 14.3 Å². The highest BCUT2D eigenvalue weighted by molar-refractivity contribution is 6.34. The summed E-state index contributed by atoms with van der Waals surface area (Å²) in [5.74, 6) is -0.970. The number of anilines is 1. The van der Waals surface area contributed by atoms with Gasteiger partial charge in [-0.25, -0.2) is 9.18 Å². The van der Waals surface area contributed by atoms with Crippen LogP contribution in [0.2, 0.25) is 5.02 Å². The van der Waals surface area contributed by atoms with Gasteiger partial charge in [0.25, 0.3) is 5.91 Å². The number of carbonyl (C=O) groups is 1. The van der Waals surface area contributed by atoms with Gasteiger partial charge in [0.05, 0.1) is 21.6 Å². The Morgan fingerprint density at radius 3 is 2.69 bits per heavy atom. The van der Waals surface area contributed by atoms with Crippen molar-refractivity contribution in [3.63, 3.8) is 0 Å². The third-order valence-electron chi connectivity index (χ3n) is 4.21. The molecule has 1 N–H and O–H groups in total. The zero-order chi connectivity index (χ0) is 18.4. The van der Waals surface area contributed by atoms with E-state index < -0.39 is 17.3 Å². The van der Waals surface area contributed by atoms with Crippen LogP contribution in [0.15, 0.2) is 57.7 Å². The zero-order valence-electron chi connectivity index (χ0n) is 13.5. The van der Waals surface area contributed by atoms with Crippen LogP contribution in [0.4, 0.5) is 10.1 Å². The van der Waals surface area contributed by atoms with Crippen molar-refractivity contribution in [3.8, 4) is 0 Å². The Kier molecular flexibility index (Phi) is 3.77. The Bertz CT molecular complexity index is 1240. The van der Waals surface area contributed by atoms with Crippen LogP contribution in [-0.2, 0) is 7.05 Å². The molecule has 4 rings (SSSR count). The topological polar surface area (TPSA) is 64.2 Å². The van der Waals surface area contributed by atoms with Gasteiger partial charge in [-0.05, 0) is 36.4 Å². The summed E-state index contributed by atoms with van der Waals surface area (Å²) in [4.78, 5) is 24.9. The van der Waals surface area contributed by atoms with Gasteiger partial charge in [-0.15, -0.1) is 0 Å². The number of amides is 1. The molecule has 0 saturated heterocycles. The first-order valence-corrected chi connectivity index (χ1v) is 8.11. The molecule has 0 fully saturated rings. The highest BCUT2D eigenvalue weighted by Gasteiger charge is 2.19. The molecule has 0 unspecified atom stereocenters. The van der Waals surface area contributed by atoms with Gasteiger partial charge in [-0.3, -0.25) is 4.79 Å². The number of aryl methyl sites for hydroxylation is 1. The minimum atomic E-state index is -0.520. The molecule has 5 nitrogen and oxygen atoms in total. The van der Waals surface area contributed by atoms with Gasteiger partial charge in [0.1, 0.15) is 17.1 Å². The van der Waals surface area contributed by atoms with Crippen LogP contribution in [0.5, 0.6) is 0 Å². The van der Waals surface area contributed by atoms with Crippen LogP contribution >= 0.6 is 11.6 Å². The number of para-hydroxylation sites is 1. The number of benzene rings is 2. The average molecular weight is 371 g/mol. The average Bonchev–Trinajstić information content (AvgIpc) is 2.96. The SMILES string of the molecule is Cn1c(C(=O)Nc2ccc(F)cc2Cl)cc2c(=O)oc3ccccc3c21. The first-order valence-electron chi connectivity index (χ1n) is 7.73. The Morgan fingerprint density at radius 2 is 1.92 bits per heavy atom. The van der Waals surface area contributed by atoms with E-state index in [-0.39, 0.29) is 16.4 Å². The fourth-order valence-electron chi connectivity index (χ4n) is 2.99. The van der Waals surface area contributed by atoms with Crippen molar-refractivity contribution < 1.29 is 13.6 Å². The summed E-state index contributed by atoms with van der Waals surface area (Å²) < 4.78 is 20.1. The summed E-state index contributed by atoms with van der Waals surface area (Å²) in [5, 5.41) is 3.75. The lowest BCUT2D eigenvalue weighted by atomic mass is 10.2. The normalized spacial score (nSPS) is 11.2. The van der Waals surface area contributed by atoms with E-state index in [1.54, 1.807) is 23.7 Å². The fraction of sp³-hybridized carbons (Fsp3) is 0.0526. The third kappa shape index (κ3) is 2.55. The maximum atomic E-state index is 13.2. The summed E-state index contributed by atoms with van der Waals surface area (Å²) in [6.07, 6.45) is 0. The summed E-state index contributed by atoms with van der Waals surface area (Å²) in [7, 11) is 1.69. The molecular formula is C19H12ClFN2O3. The van der Waals surface area contributed by atoms with E-state index in [1.807, 2.05) is 12.1 Å². The van der Waals surface area contributed by atoms with E-state index in [1.165, 1.54) is 18.2 Å². The zero-order valence-corrected chi connectivity index (χ0v) is 14.3. The monoisotopic (exact) mass is 370 g/mol. The molecule has 2 heterocycles. The molecule has 4 aromatic rings. The van der Waals surface area contributed by atoms with E-state index in [0.717, 1.165) is 11.5 Å². The number of aromatic nitrogens is 1. The molecule has 7 heteroatoms. The molecule has 0 spiro atoms. The Morgan fingerprint density at radius 1 is 1.15 bits per heavy atom. The van der Waals surface area contributed by atoms with Gasteiger partial charge in [0.2, 0.25) is 0 Å². The number of nitrogens with one attached hydrogen (secondary N) is 1. The van der Waals surface area contributed by atoms with E-state index in [2.05, 4.69) is 5.32 Å². The minimum absolute atomic E-state index is 0.0853. The number of rotatable bonds is 2. The lowest BCUT2D eigenvalue weighted by molar-refractivity contribution is 0.101. The van der Waals surface area contributed by atoms with Crippen LogP contribution in [0.1, 0.15) is 10.5 Å². The molecule has 26 heavy (non-hydrogen) atoms. The van der Waals surface area contributed by atoms with Gasteiger partial charge in [0, 0.05) is 12.4 Å². The fourth-order valence-corrected chi connectivity index (χ4v) is 3.20. The summed E-state index contributed by atoms with van der Waals surface area (Å²) in [6.45, 7) is 0. The van der Waals surface area contributed by atoms with Crippen molar-refractivity contribution in [3.05, 3.63) is 75.5 Å². The number of carbonyl (C=O) groups excluding carboxylic acids is 1. The number of halogens is 2. The van der Waals surface area contributed by atoms with Crippen LogP contribution in [0.3, 0.4) is 0 Å². The minimum Gasteiger partial charge on any atom is -0.422 e. The molecule has 130 valence electrons. The summed E-state index contributed by atoms with van der Waals surface area (Å²) in [6, 6.07) is 12.3. The lowest BCUT2D eigenvalue weighted by Gasteiger charge is -2.08. The molecule has 0 aliphatic carbocycles. The van der Waals surface area contributed by atoms with Crippen molar-refractivity contribution in [2.75, 3.05) is 5.32 Å². The molecule has 0 atom stereocenters. The molecule has 0 radical (unpaired) electrons. The third-order valence-corrected chi connectivity index (χ3v) is 4.52. The van der Waals surface area contributed by atoms with Crippen LogP contribution < -0.4 is 10.9 Å². The quantitative estimate of drug-likeness (QED) is 0.534. The standard InChI is InChI=1S/C19H12ClFN2O3/c1-23-15(18(24)22-14-7-6-10(21)8-13(14)20)9-12-17(23)11-4-2-3-5-16(11)26-19(12)25/h2-9H,1H3,(H,22,24). The van der Waals surface area contributed by atoms with E-state index in [0.29, 0.717) is 16.5 Å². The highest BCUT2D eigenvalue weighted by Crippen LogP contribution is 2.27. The molecular weight excluding hydrogens is 359 g/mol. The van der Waals surface area contributed by atoms with Gasteiger partial charge >= 0.3 is 5.63 Å². The molecule has 0 bridgehead atoms. The number of hydrogen-bond acceptors (Lipinski definition) is 3. The van der Waals surface area contributed by atoms with Crippen molar-refractivity contribution >= 4 is 45.1 Å². The largest absolute Gasteiger partial charge is 0.422 e. The number of nitrogens with zero attached hydrogens (tertiary/aromatic N) is 1. The first-order chi connectivity index (χ1) is 12.5. The molecule has 0 aliphatic rings. The van der Waals surface area contributed by atoms with Crippen LogP contribution in [0.25, 0.3) is 21.9 Å². The second-order valence-corrected chi connectivity index (χ2v) is 6.22. The van der Waals surface area contributed by atoms with Crippen molar-refractivity contribution in [2.24, 2.45) is 7.05 Å². The second-order valence-electron chi connectivity index (χ2n) is 5.81. The Balaban J connectivity index is 1.85. The smallest absolute Gasteiger partial charge is 0.345 e. The maximum Gasteiger partial charge on any atom is 0.345 e. The van der Waals surface area contributed by atoms with Crippen molar-refractivity contribution in [1.29, 1.82) is 0 Å². The highest BCUT2D eigenvalue weighted by atomic mass is 35.5. The molecule has 0 aliphatic heterocycles. The predicted molar refractivity (Wildman–Crippen MR) is 98.3 cm³/mol. The molecule has 2 aromatic heterocycles. The summed E-state index contributed by atoms with van der Waals surface area (Å²) >= 11 is 5.96. The predicted octanol–water partition coefficient (Wildman–Crippen LogP) is 4.33. The molecule has 2 aromatic carbocycles. The van der Waals surface area contributed by atoms with E-state index >= 15 is 0 Å². The maximum absolute atomic E-state index is 13.2. The molecule has 1 amide bonds. The Labute approximate surface area is 151 Å². The van der Waals surface area contributed by atoms with E-state index in [9.17, 15) is 14.0 Å². The van der Waals surface area contributed by atoms with Crippen LogP contribution in [0, 0.1) is 5.82 Å². The lowest BCUT2D eigenvalue weighted by Crippen LogP contribution is -2.15. The van der Waals surface area contributed by atoms with Crippen molar-refractivity contribution in [2.45, 2.75) is 0 Å². The van der Waals surface area contributed by atoms with Crippen molar-refractivity contribution in [1.82, 2.24) is 4.57 Å². The summed E-state index contributed by atoms with van der Waals surface area (Å²) in [5.41, 5.74) is 1.06. The Hall–Kier alpha value is -3.12. The first kappa shape index (κ1) is 16.4. The number of fused-ring (bicyclic) bond motifs is 3. The van der Waals surface area contributed by atoms with Crippen LogP contribution in [-0.4, -0.2) is 10.5 Å². The molecule has 0 saturated carbocycles. The van der Waals surface area contributed by atoms with Gasteiger partial charge in [0.15, 0.2) is 0 Å². The van der Waals surface area contributed by atoms with E-state index in [4.69, 9.17) is 16.0 Å². The second kappa shape index (κ2) is 6.00. The van der Waals surface area contributed by atoms with Gasteiger partial charge in [-0.1, -0.05) is 23.7 Å². The number of hydrogen-bond donors (Lipinski definition) is 1. The van der Waals surface area contributed by atoms with Gasteiger partial charge in [-0.2, -0.15) is 0 Å².